The maximum Gasteiger partial charge on any atom is 0.254 e. The van der Waals surface area contributed by atoms with Gasteiger partial charge in [0.05, 0.1) is 12.4 Å². The lowest BCUT2D eigenvalue weighted by Crippen LogP contribution is -2.04. The molecule has 2 rings (SSSR count). The van der Waals surface area contributed by atoms with Gasteiger partial charge in [-0.25, -0.2) is 4.98 Å². The van der Waals surface area contributed by atoms with Crippen molar-refractivity contribution in [3.8, 4) is 11.6 Å². The fraction of sp³-hybridized carbons (Fsp3) is 0.167. The van der Waals surface area contributed by atoms with Crippen LogP contribution < -0.4 is 10.3 Å². The van der Waals surface area contributed by atoms with Gasteiger partial charge in [0.25, 0.3) is 5.56 Å². The van der Waals surface area contributed by atoms with Crippen LogP contribution in [-0.4, -0.2) is 9.97 Å². The number of aromatic amines is 1. The lowest BCUT2D eigenvalue weighted by molar-refractivity contribution is 0.456. The minimum atomic E-state index is -0.227. The van der Waals surface area contributed by atoms with Crippen LogP contribution in [0.15, 0.2) is 35.4 Å². The van der Waals surface area contributed by atoms with Crippen molar-refractivity contribution < 1.29 is 4.74 Å². The summed E-state index contributed by atoms with van der Waals surface area (Å²) in [6.07, 6.45) is 1.32. The van der Waals surface area contributed by atoms with Crippen molar-refractivity contribution in [1.29, 1.82) is 0 Å². The highest BCUT2D eigenvalue weighted by Crippen LogP contribution is 2.24. The maximum absolute atomic E-state index is 11.1. The summed E-state index contributed by atoms with van der Waals surface area (Å²) in [6.45, 7) is 3.98. The molecule has 4 nitrogen and oxygen atoms in total. The molecule has 1 aromatic heterocycles. The highest BCUT2D eigenvalue weighted by atomic mass is 16.5. The van der Waals surface area contributed by atoms with Crippen LogP contribution in [0, 0.1) is 13.8 Å². The number of hydrogen-bond acceptors (Lipinski definition) is 3. The molecule has 0 unspecified atom stereocenters. The first-order valence-electron chi connectivity index (χ1n) is 4.95. The van der Waals surface area contributed by atoms with Crippen molar-refractivity contribution in [3.63, 3.8) is 0 Å². The van der Waals surface area contributed by atoms with E-state index in [-0.39, 0.29) is 5.56 Å². The Labute approximate surface area is 92.9 Å². The number of hydrogen-bond donors (Lipinski definition) is 1. The molecular formula is C12H12N2O2. The van der Waals surface area contributed by atoms with E-state index in [4.69, 9.17) is 4.74 Å². The average molecular weight is 216 g/mol. The monoisotopic (exact) mass is 216 g/mol. The summed E-state index contributed by atoms with van der Waals surface area (Å²) in [5, 5.41) is 0. The minimum Gasteiger partial charge on any atom is -0.438 e. The predicted octanol–water partition coefficient (Wildman–Crippen LogP) is 2.18. The number of aromatic nitrogens is 2. The third-order valence-electron chi connectivity index (χ3n) is 2.42. The molecule has 1 heterocycles. The Balaban J connectivity index is 2.34. The average Bonchev–Trinajstić information content (AvgIpc) is 2.25. The second-order valence-electron chi connectivity index (χ2n) is 3.55. The Morgan fingerprint density at radius 1 is 1.31 bits per heavy atom. The van der Waals surface area contributed by atoms with E-state index in [0.29, 0.717) is 5.88 Å². The van der Waals surface area contributed by atoms with Crippen LogP contribution >= 0.6 is 0 Å². The number of nitrogens with one attached hydrogen (secondary N) is 1. The Bertz CT molecular complexity index is 561. The summed E-state index contributed by atoms with van der Waals surface area (Å²) in [4.78, 5) is 17.4. The standard InChI is InChI=1S/C12H12N2O2/c1-8-4-3-5-10(9(8)2)16-12-6-11(15)13-7-14-12/h3-7H,1-2H3,(H,13,14,15). The fourth-order valence-corrected chi connectivity index (χ4v) is 1.35. The van der Waals surface area contributed by atoms with Crippen LogP contribution in [0.4, 0.5) is 0 Å². The molecule has 0 atom stereocenters. The van der Waals surface area contributed by atoms with Gasteiger partial charge in [0.15, 0.2) is 0 Å². The summed E-state index contributed by atoms with van der Waals surface area (Å²) < 4.78 is 5.54. The normalized spacial score (nSPS) is 10.1. The Morgan fingerprint density at radius 3 is 2.88 bits per heavy atom. The second-order valence-corrected chi connectivity index (χ2v) is 3.55. The zero-order valence-electron chi connectivity index (χ0n) is 9.15. The Morgan fingerprint density at radius 2 is 2.12 bits per heavy atom. The molecule has 0 saturated heterocycles. The molecule has 0 aliphatic rings. The smallest absolute Gasteiger partial charge is 0.254 e. The van der Waals surface area contributed by atoms with Gasteiger partial charge >= 0.3 is 0 Å². The fourth-order valence-electron chi connectivity index (χ4n) is 1.35. The topological polar surface area (TPSA) is 55.0 Å². The summed E-state index contributed by atoms with van der Waals surface area (Å²) in [6, 6.07) is 7.09. The van der Waals surface area contributed by atoms with Crippen molar-refractivity contribution in [2.24, 2.45) is 0 Å². The SMILES string of the molecule is Cc1cccc(Oc2cc(=O)[nH]cn2)c1C. The molecule has 82 valence electrons. The first-order chi connectivity index (χ1) is 7.66. The predicted molar refractivity (Wildman–Crippen MR) is 60.8 cm³/mol. The Kier molecular flexibility index (Phi) is 2.72. The molecule has 0 spiro atoms. The Hall–Kier alpha value is -2.10. The zero-order chi connectivity index (χ0) is 11.5. The molecule has 0 amide bonds. The van der Waals surface area contributed by atoms with E-state index in [1.165, 1.54) is 12.4 Å². The largest absolute Gasteiger partial charge is 0.438 e. The molecule has 1 N–H and O–H groups in total. The van der Waals surface area contributed by atoms with Crippen molar-refractivity contribution in [1.82, 2.24) is 9.97 Å². The molecule has 0 aliphatic carbocycles. The zero-order valence-corrected chi connectivity index (χ0v) is 9.15. The number of rotatable bonds is 2. The third-order valence-corrected chi connectivity index (χ3v) is 2.42. The lowest BCUT2D eigenvalue weighted by atomic mass is 10.1. The van der Waals surface area contributed by atoms with Gasteiger partial charge in [0.1, 0.15) is 5.75 Å². The van der Waals surface area contributed by atoms with Gasteiger partial charge in [0.2, 0.25) is 5.88 Å². The van der Waals surface area contributed by atoms with E-state index in [1.807, 2.05) is 32.0 Å². The molecule has 0 radical (unpaired) electrons. The highest BCUT2D eigenvalue weighted by Gasteiger charge is 2.04. The summed E-state index contributed by atoms with van der Waals surface area (Å²) in [7, 11) is 0. The second kappa shape index (κ2) is 4.18. The van der Waals surface area contributed by atoms with Gasteiger partial charge < -0.3 is 9.72 Å². The number of H-pyrrole nitrogens is 1. The van der Waals surface area contributed by atoms with Crippen LogP contribution in [0.2, 0.25) is 0 Å². The van der Waals surface area contributed by atoms with E-state index in [2.05, 4.69) is 9.97 Å². The van der Waals surface area contributed by atoms with Gasteiger partial charge in [0, 0.05) is 0 Å². The van der Waals surface area contributed by atoms with E-state index in [0.717, 1.165) is 16.9 Å². The summed E-state index contributed by atoms with van der Waals surface area (Å²) >= 11 is 0. The number of ether oxygens (including phenoxy) is 1. The highest BCUT2D eigenvalue weighted by molar-refractivity contribution is 5.40. The van der Waals surface area contributed by atoms with Gasteiger partial charge in [-0.2, -0.15) is 0 Å². The maximum atomic E-state index is 11.1. The van der Waals surface area contributed by atoms with E-state index in [1.54, 1.807) is 0 Å². The van der Waals surface area contributed by atoms with E-state index < -0.39 is 0 Å². The van der Waals surface area contributed by atoms with Crippen molar-refractivity contribution in [3.05, 3.63) is 52.1 Å². The van der Waals surface area contributed by atoms with Gasteiger partial charge in [-0.1, -0.05) is 12.1 Å². The van der Waals surface area contributed by atoms with Gasteiger partial charge in [-0.3, -0.25) is 4.79 Å². The summed E-state index contributed by atoms with van der Waals surface area (Å²) in [5.74, 6) is 1.02. The van der Waals surface area contributed by atoms with Crippen LogP contribution in [0.1, 0.15) is 11.1 Å². The molecule has 0 aliphatic heterocycles. The van der Waals surface area contributed by atoms with Crippen molar-refractivity contribution in [2.75, 3.05) is 0 Å². The molecule has 0 saturated carbocycles. The van der Waals surface area contributed by atoms with Crippen LogP contribution in [0.25, 0.3) is 0 Å². The van der Waals surface area contributed by atoms with E-state index in [9.17, 15) is 4.79 Å². The summed E-state index contributed by atoms with van der Waals surface area (Å²) in [5.41, 5.74) is 1.96. The van der Waals surface area contributed by atoms with Crippen molar-refractivity contribution in [2.45, 2.75) is 13.8 Å². The molecule has 4 heteroatoms. The number of aryl methyl sites for hydroxylation is 1. The molecule has 2 aromatic rings. The molecule has 0 fully saturated rings. The lowest BCUT2D eigenvalue weighted by Gasteiger charge is -2.08. The van der Waals surface area contributed by atoms with Crippen LogP contribution in [0.5, 0.6) is 11.6 Å². The van der Waals surface area contributed by atoms with E-state index >= 15 is 0 Å². The molecular weight excluding hydrogens is 204 g/mol. The van der Waals surface area contributed by atoms with Gasteiger partial charge in [-0.15, -0.1) is 0 Å². The first-order valence-corrected chi connectivity index (χ1v) is 4.95. The van der Waals surface area contributed by atoms with Gasteiger partial charge in [-0.05, 0) is 31.0 Å². The number of nitrogens with zero attached hydrogens (tertiary/aromatic N) is 1. The molecule has 1 aromatic carbocycles. The third kappa shape index (κ3) is 2.11. The van der Waals surface area contributed by atoms with Crippen LogP contribution in [-0.2, 0) is 0 Å². The van der Waals surface area contributed by atoms with Crippen LogP contribution in [0.3, 0.4) is 0 Å². The van der Waals surface area contributed by atoms with Crippen molar-refractivity contribution >= 4 is 0 Å². The first kappa shape index (κ1) is 10.4. The number of benzene rings is 1. The quantitative estimate of drug-likeness (QED) is 0.837. The molecule has 0 bridgehead atoms. The minimum absolute atomic E-state index is 0.227. The molecule has 16 heavy (non-hydrogen) atoms.